The van der Waals surface area contributed by atoms with E-state index in [2.05, 4.69) is 19.6 Å². The van der Waals surface area contributed by atoms with Crippen molar-refractivity contribution in [3.05, 3.63) is 47.7 Å². The third kappa shape index (κ3) is 2.58. The molecule has 0 saturated heterocycles. The summed E-state index contributed by atoms with van der Waals surface area (Å²) in [6.45, 7) is 7.69. The first-order valence-electron chi connectivity index (χ1n) is 6.40. The van der Waals surface area contributed by atoms with E-state index in [9.17, 15) is 5.11 Å². The zero-order chi connectivity index (χ0) is 13.1. The van der Waals surface area contributed by atoms with Crippen LogP contribution in [0, 0.1) is 6.92 Å². The minimum atomic E-state index is 0.245. The fraction of sp³-hybridized carbons (Fsp3) is 0.375. The third-order valence-corrected chi connectivity index (χ3v) is 3.42. The summed E-state index contributed by atoms with van der Waals surface area (Å²) in [5.74, 6) is 1.29. The molecule has 0 aromatic heterocycles. The number of hydrogen-bond donors (Lipinski definition) is 1. The van der Waals surface area contributed by atoms with Crippen molar-refractivity contribution in [1.82, 2.24) is 0 Å². The summed E-state index contributed by atoms with van der Waals surface area (Å²) in [6, 6.07) is 3.75. The predicted octanol–water partition coefficient (Wildman–Crippen LogP) is 4.44. The molecule has 1 unspecified atom stereocenters. The number of phenols is 1. The normalized spacial score (nSPS) is 19.2. The highest BCUT2D eigenvalue weighted by Gasteiger charge is 2.21. The Morgan fingerprint density at radius 3 is 2.83 bits per heavy atom. The van der Waals surface area contributed by atoms with Gasteiger partial charge in [0, 0.05) is 11.5 Å². The quantitative estimate of drug-likeness (QED) is 0.629. The van der Waals surface area contributed by atoms with Gasteiger partial charge in [-0.2, -0.15) is 0 Å². The van der Waals surface area contributed by atoms with Crippen molar-refractivity contribution in [2.45, 2.75) is 39.0 Å². The van der Waals surface area contributed by atoms with Crippen LogP contribution in [-0.4, -0.2) is 5.11 Å². The van der Waals surface area contributed by atoms with Crippen LogP contribution in [0.4, 0.5) is 0 Å². The molecule has 0 saturated carbocycles. The second kappa shape index (κ2) is 5.30. The van der Waals surface area contributed by atoms with Gasteiger partial charge >= 0.3 is 0 Å². The van der Waals surface area contributed by atoms with Crippen LogP contribution in [0.5, 0.6) is 11.5 Å². The van der Waals surface area contributed by atoms with E-state index in [1.54, 1.807) is 6.07 Å². The van der Waals surface area contributed by atoms with Gasteiger partial charge in [0.05, 0.1) is 6.26 Å². The molecule has 1 aromatic carbocycles. The zero-order valence-corrected chi connectivity index (χ0v) is 11.1. The van der Waals surface area contributed by atoms with E-state index in [4.69, 9.17) is 4.74 Å². The lowest BCUT2D eigenvalue weighted by Crippen LogP contribution is -2.04. The van der Waals surface area contributed by atoms with Gasteiger partial charge < -0.3 is 9.84 Å². The van der Waals surface area contributed by atoms with Gasteiger partial charge in [0.25, 0.3) is 0 Å². The Kier molecular flexibility index (Phi) is 3.75. The minimum absolute atomic E-state index is 0.245. The first-order valence-corrected chi connectivity index (χ1v) is 6.40. The van der Waals surface area contributed by atoms with E-state index in [0.717, 1.165) is 36.1 Å². The molecule has 2 heteroatoms. The van der Waals surface area contributed by atoms with Crippen molar-refractivity contribution in [3.63, 3.8) is 0 Å². The van der Waals surface area contributed by atoms with Crippen molar-refractivity contribution >= 4 is 0 Å². The number of benzene rings is 1. The number of ether oxygens (including phenoxy) is 1. The number of allylic oxidation sites excluding steroid dienone is 2. The maximum Gasteiger partial charge on any atom is 0.134 e. The first kappa shape index (κ1) is 12.7. The maximum absolute atomic E-state index is 10.2. The molecule has 2 nitrogen and oxygen atoms in total. The molecular weight excluding hydrogens is 224 g/mol. The van der Waals surface area contributed by atoms with Gasteiger partial charge in [-0.05, 0) is 50.8 Å². The Morgan fingerprint density at radius 1 is 1.39 bits per heavy atom. The summed E-state index contributed by atoms with van der Waals surface area (Å²) in [5.41, 5.74) is 3.26. The predicted molar refractivity (Wildman–Crippen MR) is 74.0 cm³/mol. The smallest absolute Gasteiger partial charge is 0.134 e. The van der Waals surface area contributed by atoms with Crippen molar-refractivity contribution in [2.75, 3.05) is 0 Å². The number of aryl methyl sites for hydroxylation is 1. The molecule has 0 radical (unpaired) electrons. The summed E-state index contributed by atoms with van der Waals surface area (Å²) < 4.78 is 5.46. The average Bonchev–Trinajstić information content (AvgIpc) is 2.28. The van der Waals surface area contributed by atoms with E-state index in [1.807, 2.05) is 13.0 Å². The largest absolute Gasteiger partial charge is 0.507 e. The van der Waals surface area contributed by atoms with Gasteiger partial charge in [0.2, 0.25) is 0 Å². The summed E-state index contributed by atoms with van der Waals surface area (Å²) in [4.78, 5) is 0. The van der Waals surface area contributed by atoms with E-state index >= 15 is 0 Å². The Bertz CT molecular complexity index is 486. The Labute approximate surface area is 109 Å². The molecule has 1 atom stereocenters. The van der Waals surface area contributed by atoms with Crippen LogP contribution in [0.25, 0.3) is 0 Å². The lowest BCUT2D eigenvalue weighted by atomic mass is 9.85. The Balaban J connectivity index is 2.47. The number of phenolic OH excluding ortho intramolecular Hbond substituents is 1. The van der Waals surface area contributed by atoms with Crippen LogP contribution in [0.15, 0.2) is 36.6 Å². The molecule has 0 fully saturated rings. The summed E-state index contributed by atoms with van der Waals surface area (Å²) in [6.07, 6.45) is 7.02. The van der Waals surface area contributed by atoms with Crippen LogP contribution in [0.1, 0.15) is 43.2 Å². The summed E-state index contributed by atoms with van der Waals surface area (Å²) in [7, 11) is 0. The molecule has 2 rings (SSSR count). The molecule has 0 heterocycles. The molecule has 1 aromatic rings. The molecule has 1 N–H and O–H groups in total. The molecule has 0 spiro atoms. The fourth-order valence-corrected chi connectivity index (χ4v) is 2.64. The zero-order valence-electron chi connectivity index (χ0n) is 11.1. The summed E-state index contributed by atoms with van der Waals surface area (Å²) >= 11 is 0. The second-order valence-electron chi connectivity index (χ2n) is 4.99. The third-order valence-electron chi connectivity index (χ3n) is 3.42. The number of rotatable bonds is 3. The lowest BCUT2D eigenvalue weighted by Gasteiger charge is -2.23. The fourth-order valence-electron chi connectivity index (χ4n) is 2.64. The summed E-state index contributed by atoms with van der Waals surface area (Å²) in [5, 5.41) is 10.2. The highest BCUT2D eigenvalue weighted by Crippen LogP contribution is 2.41. The SMILES string of the molecule is C=COc1cc(C)cc(O)c1C1C=C(C)CCC1. The number of hydrogen-bond acceptors (Lipinski definition) is 2. The molecule has 0 aliphatic heterocycles. The Morgan fingerprint density at radius 2 is 2.17 bits per heavy atom. The van der Waals surface area contributed by atoms with Gasteiger partial charge in [-0.25, -0.2) is 0 Å². The monoisotopic (exact) mass is 244 g/mol. The van der Waals surface area contributed by atoms with Gasteiger partial charge in [0.15, 0.2) is 0 Å². The molecule has 1 aliphatic rings. The van der Waals surface area contributed by atoms with Crippen molar-refractivity contribution < 1.29 is 9.84 Å². The van der Waals surface area contributed by atoms with Crippen LogP contribution in [-0.2, 0) is 0 Å². The molecule has 0 amide bonds. The van der Waals surface area contributed by atoms with Crippen molar-refractivity contribution in [1.29, 1.82) is 0 Å². The number of aromatic hydroxyl groups is 1. The Hall–Kier alpha value is -1.70. The second-order valence-corrected chi connectivity index (χ2v) is 4.99. The van der Waals surface area contributed by atoms with E-state index in [0.29, 0.717) is 5.75 Å². The van der Waals surface area contributed by atoms with Gasteiger partial charge in [-0.3, -0.25) is 0 Å². The maximum atomic E-state index is 10.2. The van der Waals surface area contributed by atoms with Crippen molar-refractivity contribution in [3.8, 4) is 11.5 Å². The van der Waals surface area contributed by atoms with Crippen molar-refractivity contribution in [2.24, 2.45) is 0 Å². The lowest BCUT2D eigenvalue weighted by molar-refractivity contribution is 0.433. The minimum Gasteiger partial charge on any atom is -0.507 e. The first-order chi connectivity index (χ1) is 8.61. The van der Waals surface area contributed by atoms with E-state index < -0.39 is 0 Å². The molecular formula is C16H20O2. The highest BCUT2D eigenvalue weighted by molar-refractivity contribution is 5.51. The van der Waals surface area contributed by atoms with Gasteiger partial charge in [-0.1, -0.05) is 18.2 Å². The molecule has 0 bridgehead atoms. The molecule has 18 heavy (non-hydrogen) atoms. The molecule has 1 aliphatic carbocycles. The van der Waals surface area contributed by atoms with Crippen LogP contribution in [0.3, 0.4) is 0 Å². The average molecular weight is 244 g/mol. The standard InChI is InChI=1S/C16H20O2/c1-4-18-15-10-12(3)9-14(17)16(15)13-7-5-6-11(2)8-13/h4,8-10,13,17H,1,5-7H2,2-3H3. The highest BCUT2D eigenvalue weighted by atomic mass is 16.5. The van der Waals surface area contributed by atoms with Crippen LogP contribution in [0.2, 0.25) is 0 Å². The topological polar surface area (TPSA) is 29.5 Å². The molecule has 96 valence electrons. The van der Waals surface area contributed by atoms with Gasteiger partial charge in [-0.15, -0.1) is 0 Å². The van der Waals surface area contributed by atoms with E-state index in [-0.39, 0.29) is 5.92 Å². The van der Waals surface area contributed by atoms with Crippen LogP contribution < -0.4 is 4.74 Å². The van der Waals surface area contributed by atoms with Crippen LogP contribution >= 0.6 is 0 Å². The van der Waals surface area contributed by atoms with Gasteiger partial charge in [0.1, 0.15) is 11.5 Å². The van der Waals surface area contributed by atoms with E-state index in [1.165, 1.54) is 11.8 Å².